The molecule has 2 aromatic rings. The summed E-state index contributed by atoms with van der Waals surface area (Å²) in [5, 5.41) is 4.35. The van der Waals surface area contributed by atoms with E-state index >= 15 is 0 Å². The van der Waals surface area contributed by atoms with Gasteiger partial charge >= 0.3 is 0 Å². The first-order chi connectivity index (χ1) is 8.78. The van der Waals surface area contributed by atoms with E-state index in [1.807, 2.05) is 0 Å². The summed E-state index contributed by atoms with van der Waals surface area (Å²) >= 11 is 1.29. The normalized spacial score (nSPS) is 10.3. The van der Waals surface area contributed by atoms with Crippen LogP contribution >= 0.6 is 11.8 Å². The van der Waals surface area contributed by atoms with Gasteiger partial charge in [-0.3, -0.25) is 4.79 Å². The van der Waals surface area contributed by atoms with Crippen LogP contribution in [0.2, 0.25) is 0 Å². The lowest BCUT2D eigenvalue weighted by Gasteiger charge is -2.04. The molecule has 2 heterocycles. The molecule has 0 bridgehead atoms. The van der Waals surface area contributed by atoms with Gasteiger partial charge < -0.3 is 10.3 Å². The van der Waals surface area contributed by atoms with Gasteiger partial charge in [-0.25, -0.2) is 15.0 Å². The molecule has 0 saturated heterocycles. The Morgan fingerprint density at radius 1 is 1.33 bits per heavy atom. The van der Waals surface area contributed by atoms with E-state index in [9.17, 15) is 4.79 Å². The molecule has 2 aromatic heterocycles. The van der Waals surface area contributed by atoms with Crippen LogP contribution in [-0.2, 0) is 0 Å². The Morgan fingerprint density at radius 2 is 2.17 bits per heavy atom. The number of H-pyrrole nitrogens is 1. The number of aromatic nitrogens is 4. The number of anilines is 1. The average molecular weight is 263 g/mol. The van der Waals surface area contributed by atoms with Crippen LogP contribution in [0, 0.1) is 0 Å². The maximum absolute atomic E-state index is 11.1. The zero-order valence-corrected chi connectivity index (χ0v) is 10.7. The standard InChI is InChI=1S/C11H13N5OS/c1-2-5-12-10-13-7-4-9(16-10)18-11-14-6-3-8(17)15-11/h3-4,6-7H,2,5H2,1H3,(H,12,13,16)(H,14,15,17). The average Bonchev–Trinajstić information content (AvgIpc) is 2.37. The Labute approximate surface area is 108 Å². The van der Waals surface area contributed by atoms with Gasteiger partial charge in [-0.2, -0.15) is 0 Å². The van der Waals surface area contributed by atoms with Crippen molar-refractivity contribution in [3.8, 4) is 0 Å². The Morgan fingerprint density at radius 3 is 2.94 bits per heavy atom. The molecule has 0 aliphatic heterocycles. The minimum absolute atomic E-state index is 0.175. The molecule has 18 heavy (non-hydrogen) atoms. The maximum Gasteiger partial charge on any atom is 0.251 e. The Bertz CT molecular complexity index is 571. The van der Waals surface area contributed by atoms with Crippen LogP contribution in [0.15, 0.2) is 39.5 Å². The van der Waals surface area contributed by atoms with Gasteiger partial charge in [-0.15, -0.1) is 0 Å². The summed E-state index contributed by atoms with van der Waals surface area (Å²) in [5.74, 6) is 0.583. The monoisotopic (exact) mass is 263 g/mol. The SMILES string of the molecule is CCCNc1nccc(Sc2nccc(=O)[nH]2)n1. The Balaban J connectivity index is 2.11. The molecule has 0 aliphatic rings. The van der Waals surface area contributed by atoms with Gasteiger partial charge in [0.25, 0.3) is 5.56 Å². The lowest BCUT2D eigenvalue weighted by atomic mass is 10.5. The van der Waals surface area contributed by atoms with Gasteiger partial charge in [0.2, 0.25) is 5.95 Å². The van der Waals surface area contributed by atoms with Crippen molar-refractivity contribution in [1.82, 2.24) is 19.9 Å². The minimum Gasteiger partial charge on any atom is -0.354 e. The lowest BCUT2D eigenvalue weighted by molar-refractivity contribution is 0.918. The number of rotatable bonds is 5. The maximum atomic E-state index is 11.1. The molecule has 94 valence electrons. The number of nitrogens with zero attached hydrogens (tertiary/aromatic N) is 3. The van der Waals surface area contributed by atoms with Crippen molar-refractivity contribution >= 4 is 17.7 Å². The summed E-state index contributed by atoms with van der Waals surface area (Å²) < 4.78 is 0. The van der Waals surface area contributed by atoms with Gasteiger partial charge in [-0.1, -0.05) is 6.92 Å². The summed E-state index contributed by atoms with van der Waals surface area (Å²) in [7, 11) is 0. The quantitative estimate of drug-likeness (QED) is 0.628. The predicted octanol–water partition coefficient (Wildman–Crippen LogP) is 1.53. The second-order valence-electron chi connectivity index (χ2n) is 3.49. The summed E-state index contributed by atoms with van der Waals surface area (Å²) in [6, 6.07) is 3.15. The number of nitrogens with one attached hydrogen (secondary N) is 2. The smallest absolute Gasteiger partial charge is 0.251 e. The number of hydrogen-bond acceptors (Lipinski definition) is 6. The van der Waals surface area contributed by atoms with Gasteiger partial charge in [0.1, 0.15) is 5.03 Å². The molecule has 0 aromatic carbocycles. The molecule has 2 N–H and O–H groups in total. The predicted molar refractivity (Wildman–Crippen MR) is 69.8 cm³/mol. The first-order valence-corrected chi connectivity index (χ1v) is 6.39. The Kier molecular flexibility index (Phi) is 4.30. The lowest BCUT2D eigenvalue weighted by Crippen LogP contribution is -2.06. The number of aromatic amines is 1. The summed E-state index contributed by atoms with van der Waals surface area (Å²) in [4.78, 5) is 26.2. The molecule has 2 rings (SSSR count). The molecule has 0 radical (unpaired) electrons. The van der Waals surface area contributed by atoms with E-state index in [1.165, 1.54) is 24.0 Å². The second-order valence-corrected chi connectivity index (χ2v) is 4.50. The van der Waals surface area contributed by atoms with Crippen molar-refractivity contribution in [3.05, 3.63) is 34.9 Å². The van der Waals surface area contributed by atoms with Crippen LogP contribution in [0.4, 0.5) is 5.95 Å². The summed E-state index contributed by atoms with van der Waals surface area (Å²) in [6.45, 7) is 2.90. The van der Waals surface area contributed by atoms with Gasteiger partial charge in [0.05, 0.1) is 0 Å². The second kappa shape index (κ2) is 6.15. The van der Waals surface area contributed by atoms with E-state index in [4.69, 9.17) is 0 Å². The third kappa shape index (κ3) is 3.56. The van der Waals surface area contributed by atoms with Crippen molar-refractivity contribution in [2.45, 2.75) is 23.5 Å². The van der Waals surface area contributed by atoms with E-state index < -0.39 is 0 Å². The van der Waals surface area contributed by atoms with E-state index in [2.05, 4.69) is 32.2 Å². The van der Waals surface area contributed by atoms with Gasteiger partial charge in [0, 0.05) is 25.0 Å². The minimum atomic E-state index is -0.175. The van der Waals surface area contributed by atoms with Crippen LogP contribution in [-0.4, -0.2) is 26.5 Å². The fraction of sp³-hybridized carbons (Fsp3) is 0.273. The summed E-state index contributed by atoms with van der Waals surface area (Å²) in [6.07, 6.45) is 4.15. The summed E-state index contributed by atoms with van der Waals surface area (Å²) in [5.41, 5.74) is -0.175. The molecule has 6 nitrogen and oxygen atoms in total. The van der Waals surface area contributed by atoms with Crippen LogP contribution in [0.3, 0.4) is 0 Å². The van der Waals surface area contributed by atoms with E-state index in [0.29, 0.717) is 11.1 Å². The van der Waals surface area contributed by atoms with Crippen LogP contribution in [0.5, 0.6) is 0 Å². The van der Waals surface area contributed by atoms with Crippen LogP contribution in [0.25, 0.3) is 0 Å². The van der Waals surface area contributed by atoms with Crippen molar-refractivity contribution in [1.29, 1.82) is 0 Å². The molecule has 0 saturated carbocycles. The molecule has 0 aliphatic carbocycles. The fourth-order valence-electron chi connectivity index (χ4n) is 1.22. The molecule has 0 atom stereocenters. The van der Waals surface area contributed by atoms with E-state index in [1.54, 1.807) is 12.3 Å². The van der Waals surface area contributed by atoms with Crippen molar-refractivity contribution in [2.75, 3.05) is 11.9 Å². The molecular formula is C11H13N5OS. The van der Waals surface area contributed by atoms with Crippen molar-refractivity contribution in [3.63, 3.8) is 0 Å². The third-order valence-corrected chi connectivity index (χ3v) is 2.85. The van der Waals surface area contributed by atoms with Gasteiger partial charge in [0.15, 0.2) is 5.16 Å². The molecular weight excluding hydrogens is 250 g/mol. The van der Waals surface area contributed by atoms with Crippen LogP contribution in [0.1, 0.15) is 13.3 Å². The highest BCUT2D eigenvalue weighted by atomic mass is 32.2. The molecule has 0 unspecified atom stereocenters. The van der Waals surface area contributed by atoms with Gasteiger partial charge in [-0.05, 0) is 24.2 Å². The molecule has 0 spiro atoms. The largest absolute Gasteiger partial charge is 0.354 e. The Hall–Kier alpha value is -1.89. The highest BCUT2D eigenvalue weighted by molar-refractivity contribution is 7.99. The first kappa shape index (κ1) is 12.6. The highest BCUT2D eigenvalue weighted by Crippen LogP contribution is 2.21. The highest BCUT2D eigenvalue weighted by Gasteiger charge is 2.03. The molecule has 7 heteroatoms. The topological polar surface area (TPSA) is 83.6 Å². The van der Waals surface area contributed by atoms with E-state index in [-0.39, 0.29) is 5.56 Å². The van der Waals surface area contributed by atoms with Crippen LogP contribution < -0.4 is 10.9 Å². The fourth-order valence-corrected chi connectivity index (χ4v) is 1.95. The van der Waals surface area contributed by atoms with Crippen molar-refractivity contribution < 1.29 is 0 Å². The zero-order chi connectivity index (χ0) is 12.8. The third-order valence-electron chi connectivity index (χ3n) is 2.01. The molecule has 0 amide bonds. The molecule has 0 fully saturated rings. The van der Waals surface area contributed by atoms with Crippen molar-refractivity contribution in [2.24, 2.45) is 0 Å². The first-order valence-electron chi connectivity index (χ1n) is 5.58. The number of hydrogen-bond donors (Lipinski definition) is 2. The van der Waals surface area contributed by atoms with E-state index in [0.717, 1.165) is 18.0 Å². The zero-order valence-electron chi connectivity index (χ0n) is 9.88.